The minimum Gasteiger partial charge on any atom is -0.506 e. The monoisotopic (exact) mass is 285 g/mol. The van der Waals surface area contributed by atoms with E-state index in [4.69, 9.17) is 4.74 Å². The molecule has 2 aromatic rings. The summed E-state index contributed by atoms with van der Waals surface area (Å²) in [4.78, 5) is 12.3. The van der Waals surface area contributed by atoms with Crippen molar-refractivity contribution in [3.63, 3.8) is 0 Å². The average Bonchev–Trinajstić information content (AvgIpc) is 2.93. The van der Waals surface area contributed by atoms with Gasteiger partial charge in [0.05, 0.1) is 11.2 Å². The number of rotatable bonds is 3. The molecule has 110 valence electrons. The molecule has 1 amide bonds. The number of fused-ring (bicyclic) bond motifs is 1. The Kier molecular flexibility index (Phi) is 3.55. The second kappa shape index (κ2) is 5.37. The van der Waals surface area contributed by atoms with E-state index in [1.54, 1.807) is 6.07 Å². The molecule has 1 aliphatic heterocycles. The molecule has 1 saturated heterocycles. The van der Waals surface area contributed by atoms with E-state index in [0.717, 1.165) is 24.8 Å². The van der Waals surface area contributed by atoms with Crippen LogP contribution in [0.1, 0.15) is 30.1 Å². The van der Waals surface area contributed by atoms with E-state index in [-0.39, 0.29) is 17.3 Å². The molecule has 1 fully saturated rings. The Morgan fingerprint density at radius 2 is 2.14 bits per heavy atom. The number of hydrogen-bond acceptors (Lipinski definition) is 3. The zero-order valence-electron chi connectivity index (χ0n) is 12.1. The van der Waals surface area contributed by atoms with Crippen molar-refractivity contribution in [1.29, 1.82) is 0 Å². The van der Waals surface area contributed by atoms with Gasteiger partial charge in [-0.3, -0.25) is 4.79 Å². The maximum Gasteiger partial charge on any atom is 0.255 e. The van der Waals surface area contributed by atoms with Crippen molar-refractivity contribution in [2.45, 2.75) is 25.4 Å². The summed E-state index contributed by atoms with van der Waals surface area (Å²) in [5.41, 5.74) is 0.0116. The second-order valence-corrected chi connectivity index (χ2v) is 5.77. The van der Waals surface area contributed by atoms with E-state index in [1.165, 1.54) is 0 Å². The smallest absolute Gasteiger partial charge is 0.255 e. The molecule has 4 heteroatoms. The quantitative estimate of drug-likeness (QED) is 0.911. The van der Waals surface area contributed by atoms with E-state index in [1.807, 2.05) is 37.3 Å². The molecule has 21 heavy (non-hydrogen) atoms. The van der Waals surface area contributed by atoms with Crippen LogP contribution in [0.4, 0.5) is 0 Å². The molecule has 1 atom stereocenters. The van der Waals surface area contributed by atoms with E-state index in [2.05, 4.69) is 5.32 Å². The van der Waals surface area contributed by atoms with Gasteiger partial charge in [-0.2, -0.15) is 0 Å². The Balaban J connectivity index is 1.80. The van der Waals surface area contributed by atoms with Gasteiger partial charge in [-0.15, -0.1) is 0 Å². The van der Waals surface area contributed by atoms with Crippen LogP contribution in [0.25, 0.3) is 10.8 Å². The molecule has 1 heterocycles. The number of amides is 1. The molecule has 2 N–H and O–H groups in total. The Morgan fingerprint density at radius 1 is 1.33 bits per heavy atom. The normalized spacial score (nSPS) is 21.6. The minimum absolute atomic E-state index is 0.0306. The lowest BCUT2D eigenvalue weighted by molar-refractivity contribution is 0.0205. The lowest BCUT2D eigenvalue weighted by Crippen LogP contribution is -2.40. The number of hydrogen-bond donors (Lipinski definition) is 2. The van der Waals surface area contributed by atoms with E-state index in [9.17, 15) is 9.90 Å². The lowest BCUT2D eigenvalue weighted by atomic mass is 10.0. The van der Waals surface area contributed by atoms with Crippen LogP contribution in [0.3, 0.4) is 0 Å². The fourth-order valence-corrected chi connectivity index (χ4v) is 2.78. The molecule has 2 aromatic carbocycles. The summed E-state index contributed by atoms with van der Waals surface area (Å²) in [6.45, 7) is 3.20. The average molecular weight is 285 g/mol. The highest BCUT2D eigenvalue weighted by atomic mass is 16.5. The zero-order chi connectivity index (χ0) is 14.9. The van der Waals surface area contributed by atoms with Crippen LogP contribution in [0, 0.1) is 0 Å². The predicted molar refractivity (Wildman–Crippen MR) is 81.5 cm³/mol. The zero-order valence-corrected chi connectivity index (χ0v) is 12.1. The van der Waals surface area contributed by atoms with Crippen LogP contribution in [-0.4, -0.2) is 29.8 Å². The van der Waals surface area contributed by atoms with Crippen LogP contribution in [-0.2, 0) is 4.74 Å². The highest BCUT2D eigenvalue weighted by Gasteiger charge is 2.30. The van der Waals surface area contributed by atoms with Gasteiger partial charge < -0.3 is 15.2 Å². The van der Waals surface area contributed by atoms with E-state index >= 15 is 0 Å². The van der Waals surface area contributed by atoms with Crippen molar-refractivity contribution in [2.24, 2.45) is 0 Å². The molecule has 1 unspecified atom stereocenters. The Hall–Kier alpha value is -2.07. The Labute approximate surface area is 123 Å². The fourth-order valence-electron chi connectivity index (χ4n) is 2.78. The van der Waals surface area contributed by atoms with Gasteiger partial charge in [0.15, 0.2) is 0 Å². The summed E-state index contributed by atoms with van der Waals surface area (Å²) in [5, 5.41) is 14.7. The lowest BCUT2D eigenvalue weighted by Gasteiger charge is -2.23. The highest BCUT2D eigenvalue weighted by Crippen LogP contribution is 2.29. The molecule has 3 rings (SSSR count). The molecule has 0 saturated carbocycles. The maximum absolute atomic E-state index is 12.3. The molecule has 0 bridgehead atoms. The molecule has 0 spiro atoms. The van der Waals surface area contributed by atoms with Gasteiger partial charge in [-0.05, 0) is 31.2 Å². The standard InChI is InChI=1S/C17H19NO3/c1-17(9-4-10-21-17)11-18-16(20)14-8-7-12-5-2-3-6-13(12)15(14)19/h2-3,5-8,19H,4,9-11H2,1H3,(H,18,20). The van der Waals surface area contributed by atoms with Crippen LogP contribution in [0.15, 0.2) is 36.4 Å². The van der Waals surface area contributed by atoms with Crippen molar-refractivity contribution >= 4 is 16.7 Å². The molecule has 0 aromatic heterocycles. The largest absolute Gasteiger partial charge is 0.506 e. The SMILES string of the molecule is CC1(CNC(=O)c2ccc3ccccc3c2O)CCCO1. The molecule has 0 radical (unpaired) electrons. The van der Waals surface area contributed by atoms with E-state index < -0.39 is 0 Å². The molecular weight excluding hydrogens is 266 g/mol. The van der Waals surface area contributed by atoms with Crippen molar-refractivity contribution in [3.8, 4) is 5.75 Å². The predicted octanol–water partition coefficient (Wildman–Crippen LogP) is 2.84. The van der Waals surface area contributed by atoms with Gasteiger partial charge in [0.25, 0.3) is 5.91 Å². The molecule has 0 aliphatic carbocycles. The van der Waals surface area contributed by atoms with Crippen molar-refractivity contribution in [2.75, 3.05) is 13.2 Å². The van der Waals surface area contributed by atoms with Crippen molar-refractivity contribution in [3.05, 3.63) is 42.0 Å². The van der Waals surface area contributed by atoms with Crippen LogP contribution < -0.4 is 5.32 Å². The van der Waals surface area contributed by atoms with Crippen LogP contribution in [0.2, 0.25) is 0 Å². The van der Waals surface area contributed by atoms with Crippen molar-refractivity contribution < 1.29 is 14.6 Å². The minimum atomic E-state index is -0.290. The number of phenolic OH excluding ortho intramolecular Hbond substituents is 1. The highest BCUT2D eigenvalue weighted by molar-refractivity contribution is 6.03. The summed E-state index contributed by atoms with van der Waals surface area (Å²) in [5.74, 6) is -0.238. The number of ether oxygens (including phenoxy) is 1. The number of phenols is 1. The van der Waals surface area contributed by atoms with Gasteiger partial charge in [-0.1, -0.05) is 30.3 Å². The first-order chi connectivity index (χ1) is 10.1. The molecule has 4 nitrogen and oxygen atoms in total. The third kappa shape index (κ3) is 2.72. The van der Waals surface area contributed by atoms with E-state index in [0.29, 0.717) is 17.5 Å². The van der Waals surface area contributed by atoms with Gasteiger partial charge in [0.2, 0.25) is 0 Å². The van der Waals surface area contributed by atoms with Crippen LogP contribution in [0.5, 0.6) is 5.75 Å². The summed E-state index contributed by atoms with van der Waals surface area (Å²) in [6, 6.07) is 11.0. The Bertz CT molecular complexity index is 675. The number of carbonyl (C=O) groups is 1. The van der Waals surface area contributed by atoms with Gasteiger partial charge in [0, 0.05) is 18.5 Å². The Morgan fingerprint density at radius 3 is 2.90 bits per heavy atom. The topological polar surface area (TPSA) is 58.6 Å². The van der Waals surface area contributed by atoms with Gasteiger partial charge >= 0.3 is 0 Å². The number of nitrogens with one attached hydrogen (secondary N) is 1. The second-order valence-electron chi connectivity index (χ2n) is 5.77. The first-order valence-electron chi connectivity index (χ1n) is 7.22. The number of aromatic hydroxyl groups is 1. The first kappa shape index (κ1) is 13.9. The fraction of sp³-hybridized carbons (Fsp3) is 0.353. The van der Waals surface area contributed by atoms with Gasteiger partial charge in [-0.25, -0.2) is 0 Å². The maximum atomic E-state index is 12.3. The molecular formula is C17H19NO3. The summed E-state index contributed by atoms with van der Waals surface area (Å²) < 4.78 is 5.65. The summed E-state index contributed by atoms with van der Waals surface area (Å²) in [7, 11) is 0. The number of carbonyl (C=O) groups excluding carboxylic acids is 1. The molecule has 1 aliphatic rings. The number of benzene rings is 2. The summed E-state index contributed by atoms with van der Waals surface area (Å²) >= 11 is 0. The van der Waals surface area contributed by atoms with Gasteiger partial charge in [0.1, 0.15) is 5.75 Å². The first-order valence-corrected chi connectivity index (χ1v) is 7.22. The van der Waals surface area contributed by atoms with Crippen molar-refractivity contribution in [1.82, 2.24) is 5.32 Å². The third-order valence-electron chi connectivity index (χ3n) is 4.07. The summed E-state index contributed by atoms with van der Waals surface area (Å²) in [6.07, 6.45) is 1.96. The third-order valence-corrected chi connectivity index (χ3v) is 4.07. The van der Waals surface area contributed by atoms with Crippen LogP contribution >= 0.6 is 0 Å².